The lowest BCUT2D eigenvalue weighted by atomic mass is 10.1. The molecule has 0 fully saturated rings. The molecule has 0 saturated carbocycles. The zero-order valence-corrected chi connectivity index (χ0v) is 18.4. The van der Waals surface area contributed by atoms with Gasteiger partial charge in [-0.25, -0.2) is 4.99 Å². The molecule has 0 unspecified atom stereocenters. The minimum Gasteiger partial charge on any atom is -0.361 e. The number of H-pyrrole nitrogens is 1. The molecule has 0 bridgehead atoms. The fraction of sp³-hybridized carbons (Fsp3) is 0.304. The van der Waals surface area contributed by atoms with Gasteiger partial charge in [0.15, 0.2) is 5.96 Å². The van der Waals surface area contributed by atoms with Crippen LogP contribution in [-0.2, 0) is 13.0 Å². The highest BCUT2D eigenvalue weighted by molar-refractivity contribution is 6.31. The molecule has 0 radical (unpaired) electrons. The first-order chi connectivity index (χ1) is 14.5. The highest BCUT2D eigenvalue weighted by Crippen LogP contribution is 2.22. The number of carbonyl (C=O) groups excluding carboxylic acids is 1. The van der Waals surface area contributed by atoms with Crippen LogP contribution in [0.5, 0.6) is 0 Å². The van der Waals surface area contributed by atoms with Crippen molar-refractivity contribution in [1.29, 1.82) is 0 Å². The summed E-state index contributed by atoms with van der Waals surface area (Å²) in [6.45, 7) is 4.11. The van der Waals surface area contributed by atoms with Gasteiger partial charge in [0.25, 0.3) is 5.91 Å². The number of carbonyl (C=O) groups is 1. The summed E-state index contributed by atoms with van der Waals surface area (Å²) in [5.41, 5.74) is 4.04. The van der Waals surface area contributed by atoms with E-state index in [0.717, 1.165) is 47.0 Å². The van der Waals surface area contributed by atoms with E-state index in [0.29, 0.717) is 12.1 Å². The molecule has 0 atom stereocenters. The maximum atomic E-state index is 12.0. The van der Waals surface area contributed by atoms with Crippen LogP contribution in [0.1, 0.15) is 28.4 Å². The normalized spacial score (nSPS) is 11.5. The van der Waals surface area contributed by atoms with Crippen molar-refractivity contribution >= 4 is 34.4 Å². The molecule has 1 amide bonds. The highest BCUT2D eigenvalue weighted by Gasteiger charge is 2.08. The van der Waals surface area contributed by atoms with Crippen molar-refractivity contribution < 1.29 is 4.79 Å². The van der Waals surface area contributed by atoms with Crippen molar-refractivity contribution in [3.63, 3.8) is 0 Å². The lowest BCUT2D eigenvalue weighted by Crippen LogP contribution is -2.38. The SMILES string of the molecule is CCNC(=NCc1ccc(C(=O)N(C)C)cc1)NCCc1c[nH]c2ccc(Cl)cc12. The maximum Gasteiger partial charge on any atom is 0.253 e. The Morgan fingerprint density at radius 2 is 1.90 bits per heavy atom. The van der Waals surface area contributed by atoms with Crippen molar-refractivity contribution in [3.05, 3.63) is 70.4 Å². The van der Waals surface area contributed by atoms with Crippen LogP contribution in [0, 0.1) is 0 Å². The maximum absolute atomic E-state index is 12.0. The van der Waals surface area contributed by atoms with E-state index in [9.17, 15) is 4.79 Å². The van der Waals surface area contributed by atoms with E-state index in [4.69, 9.17) is 11.6 Å². The van der Waals surface area contributed by atoms with Gasteiger partial charge in [-0.15, -0.1) is 0 Å². The quantitative estimate of drug-likeness (QED) is 0.398. The van der Waals surface area contributed by atoms with Crippen LogP contribution < -0.4 is 10.6 Å². The molecule has 1 aromatic heterocycles. The first kappa shape index (κ1) is 21.7. The first-order valence-corrected chi connectivity index (χ1v) is 10.4. The fourth-order valence-electron chi connectivity index (χ4n) is 3.20. The fourth-order valence-corrected chi connectivity index (χ4v) is 3.37. The number of hydrogen-bond acceptors (Lipinski definition) is 2. The molecule has 6 nitrogen and oxygen atoms in total. The molecule has 1 heterocycles. The average molecular weight is 426 g/mol. The third-order valence-electron chi connectivity index (χ3n) is 4.79. The molecular weight excluding hydrogens is 398 g/mol. The summed E-state index contributed by atoms with van der Waals surface area (Å²) in [7, 11) is 3.50. The molecule has 0 aliphatic heterocycles. The summed E-state index contributed by atoms with van der Waals surface area (Å²) < 4.78 is 0. The van der Waals surface area contributed by atoms with Gasteiger partial charge in [0, 0.05) is 54.9 Å². The van der Waals surface area contributed by atoms with Gasteiger partial charge >= 0.3 is 0 Å². The summed E-state index contributed by atoms with van der Waals surface area (Å²) in [6, 6.07) is 13.5. The second-order valence-corrected chi connectivity index (χ2v) is 7.71. The van der Waals surface area contributed by atoms with Gasteiger partial charge in [-0.3, -0.25) is 4.79 Å². The molecule has 0 aliphatic carbocycles. The van der Waals surface area contributed by atoms with Crippen molar-refractivity contribution in [2.45, 2.75) is 19.9 Å². The van der Waals surface area contributed by atoms with Gasteiger partial charge in [-0.2, -0.15) is 0 Å². The third-order valence-corrected chi connectivity index (χ3v) is 5.02. The Hall–Kier alpha value is -2.99. The zero-order valence-electron chi connectivity index (χ0n) is 17.6. The van der Waals surface area contributed by atoms with Crippen LogP contribution in [0.25, 0.3) is 10.9 Å². The van der Waals surface area contributed by atoms with E-state index in [1.165, 1.54) is 5.56 Å². The van der Waals surface area contributed by atoms with Crippen molar-refractivity contribution in [2.24, 2.45) is 4.99 Å². The van der Waals surface area contributed by atoms with Crippen LogP contribution in [0.15, 0.2) is 53.7 Å². The molecule has 2 aromatic carbocycles. The monoisotopic (exact) mass is 425 g/mol. The number of guanidine groups is 1. The summed E-state index contributed by atoms with van der Waals surface area (Å²) in [6.07, 6.45) is 2.88. The summed E-state index contributed by atoms with van der Waals surface area (Å²) in [5.74, 6) is 0.766. The van der Waals surface area contributed by atoms with E-state index in [-0.39, 0.29) is 5.91 Å². The third kappa shape index (κ3) is 5.54. The molecule has 158 valence electrons. The van der Waals surface area contributed by atoms with E-state index in [1.54, 1.807) is 19.0 Å². The molecule has 3 aromatic rings. The van der Waals surface area contributed by atoms with Gasteiger partial charge in [0.2, 0.25) is 0 Å². The number of rotatable bonds is 7. The number of nitrogens with one attached hydrogen (secondary N) is 3. The van der Waals surface area contributed by atoms with Crippen molar-refractivity contribution in [3.8, 4) is 0 Å². The number of halogens is 1. The predicted molar refractivity (Wildman–Crippen MR) is 124 cm³/mol. The van der Waals surface area contributed by atoms with Gasteiger partial charge in [0.1, 0.15) is 0 Å². The Morgan fingerprint density at radius 3 is 2.60 bits per heavy atom. The zero-order chi connectivity index (χ0) is 21.5. The van der Waals surface area contributed by atoms with Crippen LogP contribution in [0.3, 0.4) is 0 Å². The Morgan fingerprint density at radius 1 is 1.13 bits per heavy atom. The predicted octanol–water partition coefficient (Wildman–Crippen LogP) is 3.82. The van der Waals surface area contributed by atoms with Gasteiger partial charge in [0.05, 0.1) is 6.54 Å². The molecule has 0 aliphatic rings. The minimum atomic E-state index is -0.00127. The van der Waals surface area contributed by atoms with E-state index in [2.05, 4.69) is 20.6 Å². The number of hydrogen-bond donors (Lipinski definition) is 3. The summed E-state index contributed by atoms with van der Waals surface area (Å²) in [5, 5.41) is 8.55. The molecular formula is C23H28ClN5O. The number of benzene rings is 2. The number of nitrogens with zero attached hydrogens (tertiary/aromatic N) is 2. The first-order valence-electron chi connectivity index (χ1n) is 10.1. The Labute approximate surface area is 182 Å². The van der Waals surface area contributed by atoms with Crippen LogP contribution >= 0.6 is 11.6 Å². The molecule has 0 spiro atoms. The number of aromatic amines is 1. The molecule has 30 heavy (non-hydrogen) atoms. The molecule has 3 rings (SSSR count). The van der Waals surface area contributed by atoms with Crippen molar-refractivity contribution in [1.82, 2.24) is 20.5 Å². The Bertz CT molecular complexity index is 1020. The van der Waals surface area contributed by atoms with Crippen molar-refractivity contribution in [2.75, 3.05) is 27.2 Å². The highest BCUT2D eigenvalue weighted by atomic mass is 35.5. The van der Waals surface area contributed by atoms with Crippen LogP contribution in [-0.4, -0.2) is 48.9 Å². The summed E-state index contributed by atoms with van der Waals surface area (Å²) in [4.78, 5) is 21.5. The van der Waals surface area contributed by atoms with Gasteiger partial charge in [-0.1, -0.05) is 23.7 Å². The molecule has 0 saturated heterocycles. The average Bonchev–Trinajstić information content (AvgIpc) is 3.14. The number of amides is 1. The standard InChI is InChI=1S/C23H28ClN5O/c1-4-25-23(28-14-16-5-7-17(8-6-16)22(30)29(2)3)26-12-11-18-15-27-21-10-9-19(24)13-20(18)21/h5-10,13,15,27H,4,11-12,14H2,1-3H3,(H2,25,26,28). The van der Waals surface area contributed by atoms with Gasteiger partial charge in [-0.05, 0) is 54.8 Å². The van der Waals surface area contributed by atoms with E-state index in [1.807, 2.05) is 55.6 Å². The Kier molecular flexibility index (Phi) is 7.36. The topological polar surface area (TPSA) is 72.5 Å². The number of fused-ring (bicyclic) bond motifs is 1. The number of aromatic nitrogens is 1. The largest absolute Gasteiger partial charge is 0.361 e. The second kappa shape index (κ2) is 10.2. The second-order valence-electron chi connectivity index (χ2n) is 7.27. The summed E-state index contributed by atoms with van der Waals surface area (Å²) >= 11 is 6.14. The minimum absolute atomic E-state index is 0.00127. The van der Waals surface area contributed by atoms with Gasteiger partial charge < -0.3 is 20.5 Å². The lowest BCUT2D eigenvalue weighted by molar-refractivity contribution is 0.0827. The Balaban J connectivity index is 1.59. The smallest absolute Gasteiger partial charge is 0.253 e. The lowest BCUT2D eigenvalue weighted by Gasteiger charge is -2.12. The van der Waals surface area contributed by atoms with Crippen LogP contribution in [0.2, 0.25) is 5.02 Å². The molecule has 3 N–H and O–H groups in total. The number of aliphatic imine (C=N–C) groups is 1. The molecule has 7 heteroatoms. The van der Waals surface area contributed by atoms with Crippen LogP contribution in [0.4, 0.5) is 0 Å². The van der Waals surface area contributed by atoms with E-state index >= 15 is 0 Å². The van der Waals surface area contributed by atoms with E-state index < -0.39 is 0 Å².